The molecule has 0 fully saturated rings. The standard InChI is InChI=1S/C6H12N2OS/c1-6(2-3-7)10(9)5-4-8/h6H,2-3,5,7H2,1H3. The molecule has 3 nitrogen and oxygen atoms in total. The van der Waals surface area contributed by atoms with Crippen LogP contribution < -0.4 is 5.73 Å². The third-order valence-corrected chi connectivity index (χ3v) is 2.78. The predicted molar refractivity (Wildman–Crippen MR) is 41.8 cm³/mol. The molecule has 0 saturated heterocycles. The van der Waals surface area contributed by atoms with Crippen LogP contribution in [0.2, 0.25) is 0 Å². The van der Waals surface area contributed by atoms with Crippen LogP contribution in [-0.2, 0) is 10.8 Å². The van der Waals surface area contributed by atoms with Crippen molar-refractivity contribution in [1.82, 2.24) is 0 Å². The highest BCUT2D eigenvalue weighted by molar-refractivity contribution is 7.85. The van der Waals surface area contributed by atoms with E-state index in [4.69, 9.17) is 11.0 Å². The first-order chi connectivity index (χ1) is 4.72. The first kappa shape index (κ1) is 9.60. The summed E-state index contributed by atoms with van der Waals surface area (Å²) in [6, 6.07) is 1.87. The van der Waals surface area contributed by atoms with E-state index in [0.29, 0.717) is 6.54 Å². The lowest BCUT2D eigenvalue weighted by Crippen LogP contribution is -2.17. The molecule has 0 spiro atoms. The minimum Gasteiger partial charge on any atom is -0.330 e. The summed E-state index contributed by atoms with van der Waals surface area (Å²) in [4.78, 5) is 0. The Bertz CT molecular complexity index is 152. The Balaban J connectivity index is 3.62. The molecular weight excluding hydrogens is 148 g/mol. The van der Waals surface area contributed by atoms with Crippen LogP contribution in [0.5, 0.6) is 0 Å². The maximum Gasteiger partial charge on any atom is 0.111 e. The molecule has 0 amide bonds. The minimum absolute atomic E-state index is 0.0599. The summed E-state index contributed by atoms with van der Waals surface area (Å²) in [5.74, 6) is 0.126. The van der Waals surface area contributed by atoms with Gasteiger partial charge in [0.2, 0.25) is 0 Å². The summed E-state index contributed by atoms with van der Waals surface area (Å²) in [5, 5.41) is 8.24. The van der Waals surface area contributed by atoms with E-state index in [2.05, 4.69) is 0 Å². The van der Waals surface area contributed by atoms with E-state index >= 15 is 0 Å². The molecule has 0 aromatic heterocycles. The second kappa shape index (κ2) is 5.39. The average molecular weight is 160 g/mol. The summed E-state index contributed by atoms with van der Waals surface area (Å²) >= 11 is 0. The van der Waals surface area contributed by atoms with Gasteiger partial charge in [-0.05, 0) is 13.0 Å². The van der Waals surface area contributed by atoms with Crippen molar-refractivity contribution in [2.24, 2.45) is 5.73 Å². The van der Waals surface area contributed by atoms with Crippen LogP contribution in [0.3, 0.4) is 0 Å². The zero-order valence-corrected chi connectivity index (χ0v) is 6.86. The van der Waals surface area contributed by atoms with Gasteiger partial charge in [-0.2, -0.15) is 5.26 Å². The molecule has 0 aromatic rings. The van der Waals surface area contributed by atoms with Gasteiger partial charge in [-0.3, -0.25) is 4.21 Å². The molecule has 4 heteroatoms. The van der Waals surface area contributed by atoms with Gasteiger partial charge in [-0.1, -0.05) is 6.92 Å². The molecule has 0 aliphatic carbocycles. The lowest BCUT2D eigenvalue weighted by atomic mass is 10.3. The van der Waals surface area contributed by atoms with Crippen molar-refractivity contribution in [2.45, 2.75) is 18.6 Å². The average Bonchev–Trinajstić information content (AvgIpc) is 1.89. The monoisotopic (exact) mass is 160 g/mol. The molecule has 0 radical (unpaired) electrons. The summed E-state index contributed by atoms with van der Waals surface area (Å²) in [5.41, 5.74) is 5.25. The van der Waals surface area contributed by atoms with Crippen molar-refractivity contribution in [3.63, 3.8) is 0 Å². The highest BCUT2D eigenvalue weighted by atomic mass is 32.2. The molecule has 0 aromatic carbocycles. The number of nitrogens with two attached hydrogens (primary N) is 1. The summed E-state index contributed by atoms with van der Waals surface area (Å²) in [7, 11) is -1.01. The molecule has 0 bridgehead atoms. The normalized spacial score (nSPS) is 15.7. The molecule has 58 valence electrons. The van der Waals surface area contributed by atoms with Crippen molar-refractivity contribution in [3.05, 3.63) is 0 Å². The van der Waals surface area contributed by atoms with Crippen molar-refractivity contribution in [1.29, 1.82) is 5.26 Å². The zero-order chi connectivity index (χ0) is 7.98. The Morgan fingerprint density at radius 1 is 1.80 bits per heavy atom. The van der Waals surface area contributed by atoms with Crippen molar-refractivity contribution < 1.29 is 4.21 Å². The lowest BCUT2D eigenvalue weighted by molar-refractivity contribution is 0.668. The number of nitrogens with zero attached hydrogens (tertiary/aromatic N) is 1. The molecule has 10 heavy (non-hydrogen) atoms. The van der Waals surface area contributed by atoms with E-state index in [0.717, 1.165) is 6.42 Å². The zero-order valence-electron chi connectivity index (χ0n) is 6.04. The number of rotatable bonds is 4. The van der Waals surface area contributed by atoms with Crippen LogP contribution in [-0.4, -0.2) is 21.8 Å². The molecule has 2 unspecified atom stereocenters. The van der Waals surface area contributed by atoms with Crippen LogP contribution in [0.15, 0.2) is 0 Å². The largest absolute Gasteiger partial charge is 0.330 e. The van der Waals surface area contributed by atoms with Crippen molar-refractivity contribution >= 4 is 10.8 Å². The fourth-order valence-electron chi connectivity index (χ4n) is 0.572. The number of hydrogen-bond acceptors (Lipinski definition) is 3. The Morgan fingerprint density at radius 3 is 2.80 bits per heavy atom. The molecular formula is C6H12N2OS. The molecule has 2 atom stereocenters. The second-order valence-electron chi connectivity index (χ2n) is 2.07. The fraction of sp³-hybridized carbons (Fsp3) is 0.833. The quantitative estimate of drug-likeness (QED) is 0.629. The third-order valence-electron chi connectivity index (χ3n) is 1.23. The number of nitriles is 1. The van der Waals surface area contributed by atoms with Gasteiger partial charge in [0.25, 0.3) is 0 Å². The van der Waals surface area contributed by atoms with Gasteiger partial charge in [0, 0.05) is 16.0 Å². The molecule has 0 heterocycles. The highest BCUT2D eigenvalue weighted by Crippen LogP contribution is 1.98. The van der Waals surface area contributed by atoms with Gasteiger partial charge < -0.3 is 5.73 Å². The van der Waals surface area contributed by atoms with Crippen molar-refractivity contribution in [2.75, 3.05) is 12.3 Å². The van der Waals surface area contributed by atoms with E-state index < -0.39 is 10.8 Å². The van der Waals surface area contributed by atoms with Gasteiger partial charge in [0.05, 0.1) is 6.07 Å². The maximum absolute atomic E-state index is 11.0. The molecule has 0 aliphatic rings. The van der Waals surface area contributed by atoms with E-state index in [1.54, 1.807) is 0 Å². The van der Waals surface area contributed by atoms with E-state index in [1.165, 1.54) is 0 Å². The minimum atomic E-state index is -1.01. The Morgan fingerprint density at radius 2 is 2.40 bits per heavy atom. The van der Waals surface area contributed by atoms with Crippen molar-refractivity contribution in [3.8, 4) is 6.07 Å². The van der Waals surface area contributed by atoms with Crippen LogP contribution in [0.25, 0.3) is 0 Å². The molecule has 2 N–H and O–H groups in total. The summed E-state index contributed by atoms with van der Waals surface area (Å²) < 4.78 is 11.0. The Kier molecular flexibility index (Phi) is 5.17. The second-order valence-corrected chi connectivity index (χ2v) is 3.93. The Hall–Kier alpha value is -0.400. The van der Waals surface area contributed by atoms with E-state index in [1.807, 2.05) is 13.0 Å². The van der Waals surface area contributed by atoms with Gasteiger partial charge in [0.1, 0.15) is 5.75 Å². The van der Waals surface area contributed by atoms with E-state index in [9.17, 15) is 4.21 Å². The van der Waals surface area contributed by atoms with Gasteiger partial charge in [-0.25, -0.2) is 0 Å². The SMILES string of the molecule is CC(CCN)S(=O)CC#N. The lowest BCUT2D eigenvalue weighted by Gasteiger charge is -2.05. The van der Waals surface area contributed by atoms with Gasteiger partial charge in [0.15, 0.2) is 0 Å². The smallest absolute Gasteiger partial charge is 0.111 e. The van der Waals surface area contributed by atoms with Crippen LogP contribution in [0.4, 0.5) is 0 Å². The number of hydrogen-bond donors (Lipinski definition) is 1. The molecule has 0 saturated carbocycles. The van der Waals surface area contributed by atoms with Crippen LogP contribution in [0.1, 0.15) is 13.3 Å². The first-order valence-electron chi connectivity index (χ1n) is 3.16. The molecule has 0 aliphatic heterocycles. The Labute approximate surface area is 63.7 Å². The van der Waals surface area contributed by atoms with Crippen LogP contribution >= 0.6 is 0 Å². The first-order valence-corrected chi connectivity index (χ1v) is 4.54. The fourth-order valence-corrected chi connectivity index (χ4v) is 1.38. The summed E-state index contributed by atoms with van der Waals surface area (Å²) in [6.07, 6.45) is 0.730. The topological polar surface area (TPSA) is 66.9 Å². The van der Waals surface area contributed by atoms with E-state index in [-0.39, 0.29) is 11.0 Å². The van der Waals surface area contributed by atoms with Gasteiger partial charge in [-0.15, -0.1) is 0 Å². The molecule has 0 rings (SSSR count). The highest BCUT2D eigenvalue weighted by Gasteiger charge is 2.08. The third kappa shape index (κ3) is 3.59. The van der Waals surface area contributed by atoms with Gasteiger partial charge >= 0.3 is 0 Å². The predicted octanol–water partition coefficient (Wildman–Crippen LogP) is -0.00402. The maximum atomic E-state index is 11.0. The van der Waals surface area contributed by atoms with Crippen LogP contribution in [0, 0.1) is 11.3 Å². The summed E-state index contributed by atoms with van der Waals surface area (Å²) in [6.45, 7) is 2.39.